The number of rotatable bonds is 19. The molecule has 0 spiro atoms. The zero-order valence-corrected chi connectivity index (χ0v) is 36.7. The molecule has 5 rings (SSSR count). The lowest BCUT2D eigenvalue weighted by molar-refractivity contribution is -0.152. The fourth-order valence-corrected chi connectivity index (χ4v) is 9.61. The minimum atomic E-state index is -1.67. The molecule has 4 aromatic rings. The predicted molar refractivity (Wildman–Crippen MR) is 229 cm³/mol. The number of methoxy groups -OCH3 is 2. The van der Waals surface area contributed by atoms with Crippen LogP contribution in [0.15, 0.2) is 95.9 Å². The van der Waals surface area contributed by atoms with Crippen molar-refractivity contribution in [2.75, 3.05) is 32.3 Å². The first-order valence-electron chi connectivity index (χ1n) is 19.9. The molecular weight excluding hydrogens is 785 g/mol. The van der Waals surface area contributed by atoms with Crippen LogP contribution in [0.1, 0.15) is 84.2 Å². The number of carbonyl (C=O) groups is 2. The number of aromatic nitrogens is 2. The van der Waals surface area contributed by atoms with Gasteiger partial charge in [-0.25, -0.2) is 4.79 Å². The summed E-state index contributed by atoms with van der Waals surface area (Å²) in [6, 6.07) is 28.8. The molecule has 0 radical (unpaired) electrons. The topological polar surface area (TPSA) is 163 Å². The Morgan fingerprint density at radius 3 is 2.00 bits per heavy atom. The van der Waals surface area contributed by atoms with Crippen LogP contribution in [-0.2, 0) is 33.9 Å². The number of ether oxygens (including phenoxy) is 5. The predicted octanol–water partition coefficient (Wildman–Crippen LogP) is 7.57. The zero-order valence-electron chi connectivity index (χ0n) is 35.8. The van der Waals surface area contributed by atoms with E-state index in [9.17, 15) is 19.6 Å². The van der Waals surface area contributed by atoms with Crippen molar-refractivity contribution >= 4 is 26.0 Å². The maximum atomic E-state index is 13.6. The van der Waals surface area contributed by atoms with Crippen molar-refractivity contribution in [2.24, 2.45) is 0 Å². The molecule has 4 atom stereocenters. The lowest BCUT2D eigenvalue weighted by Crippen LogP contribution is -2.40. The average molecular weight is 842 g/mol. The van der Waals surface area contributed by atoms with Crippen LogP contribution in [0.5, 0.6) is 11.5 Å². The van der Waals surface area contributed by atoms with Gasteiger partial charge in [-0.2, -0.15) is 10.2 Å². The number of benzene rings is 3. The molecule has 0 aliphatic carbocycles. The summed E-state index contributed by atoms with van der Waals surface area (Å²) in [5.41, 5.74) is -0.331. The highest BCUT2D eigenvalue weighted by molar-refractivity contribution is 7.51. The SMILES string of the molecule is COc1ccc(C(OC[C@H]2O[C@@H](n3ccc(NC(C)=O)nc3=O)C[C@@H]2OP(CC(=O)OC(C)(C)CC#N)N(C(C)C)C(C)C)(c2ccccc2)c2ccc(OC)cc2)cc1. The van der Waals surface area contributed by atoms with Crippen LogP contribution in [0.4, 0.5) is 5.82 Å². The van der Waals surface area contributed by atoms with Gasteiger partial charge in [-0.15, -0.1) is 0 Å². The number of esters is 1. The van der Waals surface area contributed by atoms with Gasteiger partial charge in [0.05, 0.1) is 39.4 Å². The standard InChI is InChI=1S/C45H56N5O9P/c1-30(2)50(31(3)4)60(29-42(52)58-44(6,7)24-25-46)59-38-27-41(49-26-23-40(47-32(5)51)48-43(49)53)57-39(38)28-56-45(33-13-11-10-12-14-33,34-15-19-36(54-8)20-16-34)35-17-21-37(55-9)22-18-35/h10-23,26,30-31,38-39,41H,24,27-29H2,1-9H3,(H,47,48,51,53)/t38-,39+,41+,60?/m0/s1. The van der Waals surface area contributed by atoms with Crippen LogP contribution < -0.4 is 20.5 Å². The fourth-order valence-electron chi connectivity index (χ4n) is 7.41. The Balaban J connectivity index is 1.60. The van der Waals surface area contributed by atoms with Crippen LogP contribution in [0, 0.1) is 11.3 Å². The zero-order chi connectivity index (χ0) is 43.6. The summed E-state index contributed by atoms with van der Waals surface area (Å²) in [5, 5.41) is 11.9. The highest BCUT2D eigenvalue weighted by Crippen LogP contribution is 2.50. The Morgan fingerprint density at radius 1 is 0.933 bits per heavy atom. The van der Waals surface area contributed by atoms with Gasteiger partial charge in [-0.3, -0.25) is 18.8 Å². The van der Waals surface area contributed by atoms with Gasteiger partial charge in [0.25, 0.3) is 0 Å². The van der Waals surface area contributed by atoms with E-state index in [2.05, 4.69) is 21.0 Å². The smallest absolute Gasteiger partial charge is 0.351 e. The van der Waals surface area contributed by atoms with Gasteiger partial charge in [0.1, 0.15) is 55.3 Å². The Hall–Kier alpha value is -5.16. The van der Waals surface area contributed by atoms with Crippen LogP contribution in [0.2, 0.25) is 0 Å². The lowest BCUT2D eigenvalue weighted by atomic mass is 9.80. The second-order valence-electron chi connectivity index (χ2n) is 15.7. The molecule has 1 unspecified atom stereocenters. The molecule has 60 heavy (non-hydrogen) atoms. The maximum Gasteiger partial charge on any atom is 0.351 e. The van der Waals surface area contributed by atoms with Crippen molar-refractivity contribution in [3.63, 3.8) is 0 Å². The van der Waals surface area contributed by atoms with E-state index >= 15 is 0 Å². The van der Waals surface area contributed by atoms with E-state index in [1.54, 1.807) is 28.1 Å². The second-order valence-corrected chi connectivity index (χ2v) is 17.3. The third-order valence-corrected chi connectivity index (χ3v) is 12.5. The first-order chi connectivity index (χ1) is 28.6. The molecule has 1 aliphatic rings. The van der Waals surface area contributed by atoms with Crippen LogP contribution >= 0.6 is 8.30 Å². The van der Waals surface area contributed by atoms with Crippen molar-refractivity contribution in [1.29, 1.82) is 5.26 Å². The number of anilines is 1. The molecule has 1 fully saturated rings. The van der Waals surface area contributed by atoms with Crippen LogP contribution in [0.3, 0.4) is 0 Å². The number of carbonyl (C=O) groups excluding carboxylic acids is 2. The highest BCUT2D eigenvalue weighted by atomic mass is 31.2. The first kappa shape index (κ1) is 45.9. The monoisotopic (exact) mass is 841 g/mol. The van der Waals surface area contributed by atoms with Crippen molar-refractivity contribution in [2.45, 2.75) is 103 Å². The summed E-state index contributed by atoms with van der Waals surface area (Å²) in [6.07, 6.45) is -0.614. The summed E-state index contributed by atoms with van der Waals surface area (Å²) in [7, 11) is 1.56. The van der Waals surface area contributed by atoms with Gasteiger partial charge in [0, 0.05) is 31.6 Å². The summed E-state index contributed by atoms with van der Waals surface area (Å²) in [6.45, 7) is 12.9. The molecule has 1 aromatic heterocycles. The van der Waals surface area contributed by atoms with Crippen LogP contribution in [-0.4, -0.2) is 83.0 Å². The van der Waals surface area contributed by atoms with E-state index < -0.39 is 49.6 Å². The summed E-state index contributed by atoms with van der Waals surface area (Å²) >= 11 is 0. The van der Waals surface area contributed by atoms with Crippen molar-refractivity contribution in [3.8, 4) is 17.6 Å². The minimum absolute atomic E-state index is 0.0205. The third-order valence-electron chi connectivity index (χ3n) is 9.99. The number of amides is 1. The molecule has 1 amide bonds. The number of hydrogen-bond donors (Lipinski definition) is 1. The summed E-state index contributed by atoms with van der Waals surface area (Å²) < 4.78 is 41.5. The quantitative estimate of drug-likeness (QED) is 0.0561. The average Bonchev–Trinajstić information content (AvgIpc) is 3.59. The van der Waals surface area contributed by atoms with E-state index in [0.717, 1.165) is 16.7 Å². The van der Waals surface area contributed by atoms with E-state index in [0.29, 0.717) is 11.5 Å². The molecule has 15 heteroatoms. The van der Waals surface area contributed by atoms with Gasteiger partial charge in [-0.05, 0) is 88.6 Å². The van der Waals surface area contributed by atoms with Gasteiger partial charge < -0.3 is 33.5 Å². The van der Waals surface area contributed by atoms with Gasteiger partial charge >= 0.3 is 11.7 Å². The summed E-state index contributed by atoms with van der Waals surface area (Å²) in [5.74, 6) is 0.620. The van der Waals surface area contributed by atoms with E-state index in [1.807, 2.05) is 107 Å². The Bertz CT molecular complexity index is 2080. The lowest BCUT2D eigenvalue weighted by Gasteiger charge is -2.40. The molecule has 1 saturated heterocycles. The van der Waals surface area contributed by atoms with Crippen LogP contribution in [0.25, 0.3) is 0 Å². The van der Waals surface area contributed by atoms with Gasteiger partial charge in [0.2, 0.25) is 5.91 Å². The Morgan fingerprint density at radius 2 is 1.50 bits per heavy atom. The molecule has 0 saturated carbocycles. The van der Waals surface area contributed by atoms with E-state index in [1.165, 1.54) is 23.8 Å². The van der Waals surface area contributed by atoms with E-state index in [-0.39, 0.29) is 49.4 Å². The van der Waals surface area contributed by atoms with Gasteiger partial charge in [-0.1, -0.05) is 54.6 Å². The maximum absolute atomic E-state index is 13.6. The molecule has 14 nitrogen and oxygen atoms in total. The van der Waals surface area contributed by atoms with Crippen molar-refractivity contribution in [3.05, 3.63) is 118 Å². The summed E-state index contributed by atoms with van der Waals surface area (Å²) in [4.78, 5) is 42.9. The molecule has 1 N–H and O–H groups in total. The minimum Gasteiger partial charge on any atom is -0.497 e. The van der Waals surface area contributed by atoms with Gasteiger partial charge in [0.15, 0.2) is 0 Å². The largest absolute Gasteiger partial charge is 0.497 e. The number of nitriles is 1. The highest BCUT2D eigenvalue weighted by Gasteiger charge is 2.45. The molecule has 3 aromatic carbocycles. The van der Waals surface area contributed by atoms with E-state index in [4.69, 9.17) is 28.2 Å². The molecule has 0 bridgehead atoms. The normalized spacial score (nSPS) is 17.4. The second kappa shape index (κ2) is 20.4. The van der Waals surface area contributed by atoms with Crippen molar-refractivity contribution in [1.82, 2.24) is 14.2 Å². The Labute approximate surface area is 353 Å². The molecular formula is C45H56N5O9P. The number of nitrogens with zero attached hydrogens (tertiary/aromatic N) is 4. The fraction of sp³-hybridized carbons (Fsp3) is 0.444. The third kappa shape index (κ3) is 11.2. The molecule has 320 valence electrons. The Kier molecular flexibility index (Phi) is 15.6. The number of nitrogens with one attached hydrogen (secondary N) is 1. The van der Waals surface area contributed by atoms with Crippen molar-refractivity contribution < 1.29 is 37.8 Å². The number of hydrogen-bond acceptors (Lipinski definition) is 12. The molecule has 2 heterocycles. The first-order valence-corrected chi connectivity index (χ1v) is 21.3. The molecule has 1 aliphatic heterocycles.